The van der Waals surface area contributed by atoms with Crippen molar-refractivity contribution < 1.29 is 48.8 Å². The largest absolute Gasteiger partial charge is 0.469 e. The number of likely N-dealkylation sites (N-methyl/N-ethyl adjacent to an activating group) is 1. The van der Waals surface area contributed by atoms with Crippen LogP contribution in [0, 0.1) is 69.5 Å². The molecule has 6 fully saturated rings. The fraction of sp³-hybridized carbons (Fsp3) is 0.791. The van der Waals surface area contributed by atoms with E-state index in [2.05, 4.69) is 13.8 Å². The minimum atomic E-state index is -1.25. The maximum Gasteiger partial charge on any atom is 0.330 e. The number of rotatable bonds is 6. The van der Waals surface area contributed by atoms with E-state index < -0.39 is 58.3 Å². The van der Waals surface area contributed by atoms with Crippen molar-refractivity contribution in [3.63, 3.8) is 0 Å². The van der Waals surface area contributed by atoms with Crippen LogP contribution in [0.5, 0.6) is 0 Å². The minimum absolute atomic E-state index is 0.00609. The molecular weight excluding hydrogens is 690 g/mol. The molecule has 0 heterocycles. The van der Waals surface area contributed by atoms with Gasteiger partial charge in [-0.15, -0.1) is 0 Å². The molecule has 11 heteroatoms. The zero-order valence-corrected chi connectivity index (χ0v) is 33.5. The number of methoxy groups -OCH3 is 1. The minimum Gasteiger partial charge on any atom is -0.469 e. The molecule has 6 aliphatic carbocycles. The first-order valence-electron chi connectivity index (χ1n) is 20.4. The van der Waals surface area contributed by atoms with Crippen molar-refractivity contribution >= 4 is 29.4 Å². The quantitative estimate of drug-likeness (QED) is 0.261. The molecule has 0 spiro atoms. The van der Waals surface area contributed by atoms with E-state index in [1.165, 1.54) is 18.1 Å². The van der Waals surface area contributed by atoms with E-state index in [-0.39, 0.29) is 72.1 Å². The predicted octanol–water partition coefficient (Wildman–Crippen LogP) is 4.45. The standard InChI is InChI=1S/C43H63NO10/c1-22-25(20-30(46)44(7)18-19-45)10-12-27-32(22)35(48)37(50)34-24(3)29(14-17-41(27,34)4)54-31(47)21-26-11-13-28-33(23(26)2)36(49)38(51)39-42(28,5)15-9-16-43(39,6)40(52)53-8/h20-24,27-29,32-36,39,45,48-49H,9-19H2,1-8H3/t22-,23-,24+,27-,28-,29-,32-,33-,34+,35+,36+,39+,41+,42+,43-/m0/s1. The van der Waals surface area contributed by atoms with Crippen LogP contribution in [-0.2, 0) is 33.4 Å². The first kappa shape index (κ1) is 40.8. The van der Waals surface area contributed by atoms with Crippen molar-refractivity contribution in [1.82, 2.24) is 4.90 Å². The third-order valence-corrected chi connectivity index (χ3v) is 16.2. The van der Waals surface area contributed by atoms with Crippen LogP contribution in [0.25, 0.3) is 0 Å². The first-order valence-corrected chi connectivity index (χ1v) is 20.4. The molecule has 3 N–H and O–H groups in total. The summed E-state index contributed by atoms with van der Waals surface area (Å²) < 4.78 is 11.3. The van der Waals surface area contributed by atoms with Gasteiger partial charge in [0.25, 0.3) is 0 Å². The number of aliphatic hydroxyl groups is 3. The lowest BCUT2D eigenvalue weighted by Crippen LogP contribution is -2.65. The second-order valence-corrected chi connectivity index (χ2v) is 18.7. The molecule has 0 aromatic rings. The smallest absolute Gasteiger partial charge is 0.330 e. The fourth-order valence-electron chi connectivity index (χ4n) is 13.4. The fourth-order valence-corrected chi connectivity index (χ4v) is 13.4. The molecule has 300 valence electrons. The van der Waals surface area contributed by atoms with Crippen molar-refractivity contribution in [3.8, 4) is 0 Å². The van der Waals surface area contributed by atoms with Gasteiger partial charge in [0, 0.05) is 55.3 Å². The van der Waals surface area contributed by atoms with Crippen LogP contribution in [0.15, 0.2) is 23.3 Å². The van der Waals surface area contributed by atoms with Crippen molar-refractivity contribution in [2.75, 3.05) is 27.3 Å². The number of carbonyl (C=O) groups excluding carboxylic acids is 5. The summed E-state index contributed by atoms with van der Waals surface area (Å²) in [6.07, 6.45) is 6.29. The van der Waals surface area contributed by atoms with Gasteiger partial charge >= 0.3 is 11.9 Å². The summed E-state index contributed by atoms with van der Waals surface area (Å²) in [7, 11) is 2.99. The summed E-state index contributed by atoms with van der Waals surface area (Å²) in [6.45, 7) is 12.1. The van der Waals surface area contributed by atoms with E-state index in [4.69, 9.17) is 9.47 Å². The number of amides is 1. The van der Waals surface area contributed by atoms with E-state index >= 15 is 0 Å². The monoisotopic (exact) mass is 753 g/mol. The zero-order chi connectivity index (χ0) is 39.7. The molecule has 54 heavy (non-hydrogen) atoms. The molecule has 0 aromatic carbocycles. The van der Waals surface area contributed by atoms with E-state index in [9.17, 15) is 39.3 Å². The second-order valence-electron chi connectivity index (χ2n) is 18.7. The molecule has 11 nitrogen and oxygen atoms in total. The van der Waals surface area contributed by atoms with Crippen LogP contribution in [0.4, 0.5) is 0 Å². The highest BCUT2D eigenvalue weighted by atomic mass is 16.5. The zero-order valence-electron chi connectivity index (χ0n) is 33.5. The van der Waals surface area contributed by atoms with Crippen LogP contribution in [-0.4, -0.2) is 95.3 Å². The molecule has 0 saturated heterocycles. The molecule has 0 aliphatic heterocycles. The van der Waals surface area contributed by atoms with Crippen LogP contribution < -0.4 is 0 Å². The molecule has 0 unspecified atom stereocenters. The maximum absolute atomic E-state index is 14.1. The topological polar surface area (TPSA) is 168 Å². The number of esters is 2. The Kier molecular flexibility index (Phi) is 11.2. The Morgan fingerprint density at radius 1 is 0.833 bits per heavy atom. The van der Waals surface area contributed by atoms with Crippen molar-refractivity contribution in [2.24, 2.45) is 69.5 Å². The molecule has 6 saturated carbocycles. The van der Waals surface area contributed by atoms with Crippen LogP contribution in [0.2, 0.25) is 0 Å². The predicted molar refractivity (Wildman–Crippen MR) is 199 cm³/mol. The van der Waals surface area contributed by atoms with Gasteiger partial charge in [0.2, 0.25) is 5.91 Å². The highest BCUT2D eigenvalue weighted by Crippen LogP contribution is 2.65. The van der Waals surface area contributed by atoms with Gasteiger partial charge in [-0.3, -0.25) is 19.2 Å². The number of carbonyl (C=O) groups is 5. The Bertz CT molecular complexity index is 1600. The number of aliphatic hydroxyl groups excluding tert-OH is 3. The molecule has 6 aliphatic rings. The number of Topliss-reactive ketones (excluding diaryl/α,β-unsaturated/α-hetero) is 2. The van der Waals surface area contributed by atoms with Gasteiger partial charge in [0.15, 0.2) is 11.6 Å². The van der Waals surface area contributed by atoms with E-state index in [1.807, 2.05) is 27.7 Å². The summed E-state index contributed by atoms with van der Waals surface area (Å²) in [5.41, 5.74) is -0.115. The van der Waals surface area contributed by atoms with E-state index in [0.717, 1.165) is 30.4 Å². The molecule has 0 radical (unpaired) electrons. The average Bonchev–Trinajstić information content (AvgIpc) is 3.12. The van der Waals surface area contributed by atoms with Crippen molar-refractivity contribution in [2.45, 2.75) is 118 Å². The number of ketones is 2. The lowest BCUT2D eigenvalue weighted by Gasteiger charge is -2.61. The number of allylic oxidation sites excluding steroid dienone is 2. The highest BCUT2D eigenvalue weighted by Gasteiger charge is 2.67. The lowest BCUT2D eigenvalue weighted by atomic mass is 9.42. The molecule has 1 amide bonds. The lowest BCUT2D eigenvalue weighted by molar-refractivity contribution is -0.193. The molecule has 15 atom stereocenters. The number of fused-ring (bicyclic) bond motifs is 6. The van der Waals surface area contributed by atoms with Gasteiger partial charge in [-0.1, -0.05) is 52.2 Å². The molecule has 6 rings (SSSR count). The Balaban J connectivity index is 1.16. The van der Waals surface area contributed by atoms with Gasteiger partial charge in [0.1, 0.15) is 18.3 Å². The van der Waals surface area contributed by atoms with E-state index in [0.29, 0.717) is 38.5 Å². The van der Waals surface area contributed by atoms with E-state index in [1.54, 1.807) is 13.1 Å². The van der Waals surface area contributed by atoms with Crippen molar-refractivity contribution in [1.29, 1.82) is 0 Å². The molecule has 0 bridgehead atoms. The SMILES string of the molecule is COC(=O)[C@@]1(C)CCC[C@@]2(C)[C@H]1C(=O)[C@H](O)[C@H]1[C@@H](C)C(=CC(=O)O[C@H]3CC[C@]4(C)[C@H]5CCC(=CC(=O)N(C)CCO)[C@H](C)[C@@H]5[C@@H](O)C(=O)[C@H]4[C@@H]3C)CC[C@@H]12. The Morgan fingerprint density at radius 3 is 2.00 bits per heavy atom. The van der Waals surface area contributed by atoms with Crippen LogP contribution in [0.1, 0.15) is 99.3 Å². The highest BCUT2D eigenvalue weighted by molar-refractivity contribution is 5.94. The van der Waals surface area contributed by atoms with Gasteiger partial charge in [-0.25, -0.2) is 4.79 Å². The summed E-state index contributed by atoms with van der Waals surface area (Å²) in [5, 5.41) is 32.4. The normalized spacial score (nSPS) is 46.1. The average molecular weight is 754 g/mol. The van der Waals surface area contributed by atoms with Crippen molar-refractivity contribution in [3.05, 3.63) is 23.3 Å². The molecular formula is C43H63NO10. The summed E-state index contributed by atoms with van der Waals surface area (Å²) in [4.78, 5) is 69.0. The Labute approximate surface area is 320 Å². The van der Waals surface area contributed by atoms with Gasteiger partial charge in [0.05, 0.1) is 19.1 Å². The third-order valence-electron chi connectivity index (χ3n) is 16.2. The number of hydrogen-bond donors (Lipinski definition) is 3. The van der Waals surface area contributed by atoms with Gasteiger partial charge in [-0.2, -0.15) is 0 Å². The van der Waals surface area contributed by atoms with Gasteiger partial charge in [-0.05, 0) is 92.8 Å². The Hall–Kier alpha value is -2.89. The number of hydrogen-bond acceptors (Lipinski definition) is 10. The van der Waals surface area contributed by atoms with Crippen LogP contribution >= 0.6 is 0 Å². The first-order chi connectivity index (χ1) is 25.4. The summed E-state index contributed by atoms with van der Waals surface area (Å²) >= 11 is 0. The number of ether oxygens (including phenoxy) is 2. The molecule has 0 aromatic heterocycles. The Morgan fingerprint density at radius 2 is 1.41 bits per heavy atom. The summed E-state index contributed by atoms with van der Waals surface area (Å²) in [5.74, 6) is -4.12. The second kappa shape index (κ2) is 14.9. The third kappa shape index (κ3) is 6.32. The van der Waals surface area contributed by atoms with Crippen LogP contribution in [0.3, 0.4) is 0 Å². The maximum atomic E-state index is 14.1. The number of nitrogens with zero attached hydrogens (tertiary/aromatic N) is 1. The summed E-state index contributed by atoms with van der Waals surface area (Å²) in [6, 6.07) is 0. The van der Waals surface area contributed by atoms with Gasteiger partial charge < -0.3 is 29.7 Å².